The van der Waals surface area contributed by atoms with Gasteiger partial charge in [-0.1, -0.05) is 24.3 Å². The molecule has 0 atom stereocenters. The Morgan fingerprint density at radius 2 is 1.88 bits per heavy atom. The molecule has 0 aliphatic rings. The summed E-state index contributed by atoms with van der Waals surface area (Å²) in [5.74, 6) is 0.299. The van der Waals surface area contributed by atoms with Gasteiger partial charge in [0.05, 0.1) is 7.11 Å². The molecule has 3 aromatic rings. The van der Waals surface area contributed by atoms with Crippen molar-refractivity contribution in [2.45, 2.75) is 19.6 Å². The molecule has 0 amide bonds. The molecule has 5 N–H and O–H groups in total. The van der Waals surface area contributed by atoms with Crippen LogP contribution in [0.4, 0.5) is 5.95 Å². The normalized spacial score (nSPS) is 10.8. The number of hydrogen-bond donors (Lipinski definition) is 3. The molecular weight excluding hydrogens is 324 g/mol. The number of H-pyrrole nitrogens is 1. The van der Waals surface area contributed by atoms with Crippen molar-refractivity contribution in [1.82, 2.24) is 19.9 Å². The number of nitrogens with zero attached hydrogens (tertiary/aromatic N) is 3. The highest BCUT2D eigenvalue weighted by atomic mass is 16.5. The number of carbonyl (C=O) groups is 1. The smallest absolute Gasteiger partial charge is 0.313 e. The largest absolute Gasteiger partial charge is 0.471 e. The second-order valence-corrected chi connectivity index (χ2v) is 5.33. The average Bonchev–Trinajstić information content (AvgIpc) is 3.02. The van der Waals surface area contributed by atoms with Crippen molar-refractivity contribution in [3.8, 4) is 5.88 Å². The Kier molecular flexibility index (Phi) is 4.75. The number of esters is 1. The van der Waals surface area contributed by atoms with Gasteiger partial charge in [0, 0.05) is 6.54 Å². The van der Waals surface area contributed by atoms with Gasteiger partial charge in [-0.25, -0.2) is 4.98 Å². The Hall–Kier alpha value is -3.20. The SMILES string of the molecule is COC(=O)Cc1nc2nc(N)nc(OCc3ccc(CN)cc3)c2[nH]1. The van der Waals surface area contributed by atoms with Gasteiger partial charge >= 0.3 is 5.97 Å². The van der Waals surface area contributed by atoms with E-state index in [-0.39, 0.29) is 18.2 Å². The first kappa shape index (κ1) is 16.7. The molecule has 0 aliphatic carbocycles. The van der Waals surface area contributed by atoms with Crippen LogP contribution in [0.5, 0.6) is 5.88 Å². The lowest BCUT2D eigenvalue weighted by molar-refractivity contribution is -0.139. The molecule has 0 fully saturated rings. The molecule has 25 heavy (non-hydrogen) atoms. The fourth-order valence-electron chi connectivity index (χ4n) is 2.26. The number of rotatable bonds is 6. The number of hydrogen-bond acceptors (Lipinski definition) is 8. The van der Waals surface area contributed by atoms with Crippen LogP contribution in [-0.2, 0) is 29.1 Å². The van der Waals surface area contributed by atoms with Crippen molar-refractivity contribution in [3.63, 3.8) is 0 Å². The number of nitrogen functional groups attached to an aromatic ring is 1. The number of ether oxygens (including phenoxy) is 2. The van der Waals surface area contributed by atoms with Crippen molar-refractivity contribution < 1.29 is 14.3 Å². The van der Waals surface area contributed by atoms with E-state index in [0.717, 1.165) is 11.1 Å². The molecule has 2 heterocycles. The summed E-state index contributed by atoms with van der Waals surface area (Å²) >= 11 is 0. The molecule has 0 saturated carbocycles. The van der Waals surface area contributed by atoms with Crippen molar-refractivity contribution in [2.24, 2.45) is 5.73 Å². The molecule has 0 spiro atoms. The summed E-state index contributed by atoms with van der Waals surface area (Å²) in [4.78, 5) is 26.7. The highest BCUT2D eigenvalue weighted by Gasteiger charge is 2.15. The third kappa shape index (κ3) is 3.83. The zero-order valence-corrected chi connectivity index (χ0v) is 13.7. The summed E-state index contributed by atoms with van der Waals surface area (Å²) in [6, 6.07) is 7.74. The fourth-order valence-corrected chi connectivity index (χ4v) is 2.26. The second kappa shape index (κ2) is 7.14. The zero-order valence-electron chi connectivity index (χ0n) is 13.7. The van der Waals surface area contributed by atoms with E-state index in [0.29, 0.717) is 30.1 Å². The number of methoxy groups -OCH3 is 1. The quantitative estimate of drug-likeness (QED) is 0.555. The number of nitrogens with two attached hydrogens (primary N) is 2. The molecular formula is C16H18N6O3. The van der Waals surface area contributed by atoms with Crippen LogP contribution in [0.25, 0.3) is 11.2 Å². The molecule has 1 aromatic carbocycles. The molecule has 9 nitrogen and oxygen atoms in total. The van der Waals surface area contributed by atoms with E-state index in [2.05, 4.69) is 24.7 Å². The van der Waals surface area contributed by atoms with Crippen molar-refractivity contribution in [2.75, 3.05) is 12.8 Å². The van der Waals surface area contributed by atoms with Gasteiger partial charge in [0.15, 0.2) is 5.65 Å². The van der Waals surface area contributed by atoms with Crippen LogP contribution in [0.3, 0.4) is 0 Å². The maximum Gasteiger partial charge on any atom is 0.313 e. The minimum Gasteiger partial charge on any atom is -0.471 e. The van der Waals surface area contributed by atoms with Gasteiger partial charge in [0.2, 0.25) is 11.8 Å². The van der Waals surface area contributed by atoms with Gasteiger partial charge < -0.3 is 25.9 Å². The van der Waals surface area contributed by atoms with E-state index in [4.69, 9.17) is 16.2 Å². The van der Waals surface area contributed by atoms with Crippen LogP contribution >= 0.6 is 0 Å². The number of fused-ring (bicyclic) bond motifs is 1. The Labute approximate surface area is 143 Å². The Balaban J connectivity index is 1.82. The van der Waals surface area contributed by atoms with Crippen molar-refractivity contribution in [3.05, 3.63) is 41.2 Å². The van der Waals surface area contributed by atoms with E-state index in [1.807, 2.05) is 24.3 Å². The van der Waals surface area contributed by atoms with Crippen LogP contribution < -0.4 is 16.2 Å². The monoisotopic (exact) mass is 342 g/mol. The molecule has 2 aromatic heterocycles. The molecule has 0 aliphatic heterocycles. The number of imidazole rings is 1. The predicted molar refractivity (Wildman–Crippen MR) is 90.5 cm³/mol. The summed E-state index contributed by atoms with van der Waals surface area (Å²) in [6.45, 7) is 0.781. The maximum absolute atomic E-state index is 11.4. The van der Waals surface area contributed by atoms with Crippen LogP contribution in [0, 0.1) is 0 Å². The standard InChI is InChI=1S/C16H18N6O3/c1-24-12(23)6-11-19-13-14(20-11)21-16(18)22-15(13)25-8-10-4-2-9(7-17)3-5-10/h2-5H,6-8,17H2,1H3,(H3,18,19,20,21,22). The van der Waals surface area contributed by atoms with Gasteiger partial charge in [0.1, 0.15) is 24.4 Å². The molecule has 3 rings (SSSR count). The van der Waals surface area contributed by atoms with Gasteiger partial charge in [-0.05, 0) is 11.1 Å². The number of aromatic nitrogens is 4. The third-order valence-corrected chi connectivity index (χ3v) is 3.56. The summed E-state index contributed by atoms with van der Waals surface area (Å²) in [6.07, 6.45) is -0.00719. The lowest BCUT2D eigenvalue weighted by atomic mass is 10.1. The van der Waals surface area contributed by atoms with E-state index in [1.54, 1.807) is 0 Å². The summed E-state index contributed by atoms with van der Waals surface area (Å²) < 4.78 is 10.4. The van der Waals surface area contributed by atoms with Gasteiger partial charge in [0.25, 0.3) is 0 Å². The van der Waals surface area contributed by atoms with Crippen LogP contribution in [0.1, 0.15) is 17.0 Å². The van der Waals surface area contributed by atoms with E-state index < -0.39 is 5.97 Å². The minimum atomic E-state index is -0.414. The minimum absolute atomic E-state index is 0.00719. The Morgan fingerprint density at radius 3 is 2.56 bits per heavy atom. The number of anilines is 1. The number of benzene rings is 1. The molecule has 0 bridgehead atoms. The van der Waals surface area contributed by atoms with Gasteiger partial charge in [-0.2, -0.15) is 9.97 Å². The van der Waals surface area contributed by atoms with E-state index in [9.17, 15) is 4.79 Å². The maximum atomic E-state index is 11.4. The first-order valence-corrected chi connectivity index (χ1v) is 7.58. The van der Waals surface area contributed by atoms with Crippen molar-refractivity contribution in [1.29, 1.82) is 0 Å². The summed E-state index contributed by atoms with van der Waals surface area (Å²) in [5, 5.41) is 0. The average molecular weight is 342 g/mol. The Morgan fingerprint density at radius 1 is 1.16 bits per heavy atom. The highest BCUT2D eigenvalue weighted by molar-refractivity contribution is 5.79. The lowest BCUT2D eigenvalue weighted by Gasteiger charge is -2.07. The lowest BCUT2D eigenvalue weighted by Crippen LogP contribution is -2.05. The molecule has 130 valence electrons. The highest BCUT2D eigenvalue weighted by Crippen LogP contribution is 2.22. The molecule has 9 heteroatoms. The summed E-state index contributed by atoms with van der Waals surface area (Å²) in [5.41, 5.74) is 14.1. The van der Waals surface area contributed by atoms with Crippen LogP contribution in [0.2, 0.25) is 0 Å². The third-order valence-electron chi connectivity index (χ3n) is 3.56. The number of nitrogens with one attached hydrogen (secondary N) is 1. The first-order chi connectivity index (χ1) is 12.1. The number of carbonyl (C=O) groups excluding carboxylic acids is 1. The van der Waals surface area contributed by atoms with E-state index in [1.165, 1.54) is 7.11 Å². The molecule has 0 radical (unpaired) electrons. The van der Waals surface area contributed by atoms with Gasteiger partial charge in [-0.3, -0.25) is 4.79 Å². The first-order valence-electron chi connectivity index (χ1n) is 7.58. The topological polar surface area (TPSA) is 142 Å². The summed E-state index contributed by atoms with van der Waals surface area (Å²) in [7, 11) is 1.31. The van der Waals surface area contributed by atoms with E-state index >= 15 is 0 Å². The zero-order chi connectivity index (χ0) is 17.8. The Bertz CT molecular complexity index is 891. The predicted octanol–water partition coefficient (Wildman–Crippen LogP) is 0.688. The van der Waals surface area contributed by atoms with Crippen LogP contribution in [0.15, 0.2) is 24.3 Å². The van der Waals surface area contributed by atoms with Crippen LogP contribution in [-0.4, -0.2) is 33.0 Å². The number of aromatic amines is 1. The molecule has 0 unspecified atom stereocenters. The second-order valence-electron chi connectivity index (χ2n) is 5.33. The van der Waals surface area contributed by atoms with Gasteiger partial charge in [-0.15, -0.1) is 0 Å². The molecule has 0 saturated heterocycles. The van der Waals surface area contributed by atoms with Crippen molar-refractivity contribution >= 4 is 23.1 Å². The fraction of sp³-hybridized carbons (Fsp3) is 0.250.